The van der Waals surface area contributed by atoms with Gasteiger partial charge in [-0.25, -0.2) is 0 Å². The van der Waals surface area contributed by atoms with Gasteiger partial charge in [-0.1, -0.05) is 20.8 Å². The van der Waals surface area contributed by atoms with Crippen molar-refractivity contribution >= 4 is 5.71 Å². The fraction of sp³-hybridized carbons (Fsp3) is 0.933. The number of hydrogen-bond donors (Lipinski definition) is 1. The molecular weight excluding hydrogens is 224 g/mol. The number of aliphatic hydroxyl groups excluding tert-OH is 1. The Bertz CT molecular complexity index is 296. The Kier molecular flexibility index (Phi) is 4.31. The first kappa shape index (κ1) is 13.9. The summed E-state index contributed by atoms with van der Waals surface area (Å²) >= 11 is 0. The monoisotopic (exact) mass is 252 g/mol. The fourth-order valence-electron chi connectivity index (χ4n) is 3.24. The van der Waals surface area contributed by atoms with Crippen molar-refractivity contribution in [3.05, 3.63) is 0 Å². The second kappa shape index (κ2) is 5.60. The van der Waals surface area contributed by atoms with E-state index in [9.17, 15) is 5.11 Å². The highest BCUT2D eigenvalue weighted by molar-refractivity contribution is 5.84. The molecule has 1 saturated heterocycles. The highest BCUT2D eigenvalue weighted by Crippen LogP contribution is 2.37. The van der Waals surface area contributed by atoms with E-state index in [-0.39, 0.29) is 12.6 Å². The molecule has 104 valence electrons. The minimum absolute atomic E-state index is 0.251. The van der Waals surface area contributed by atoms with Gasteiger partial charge >= 0.3 is 0 Å². The summed E-state index contributed by atoms with van der Waals surface area (Å²) in [6.07, 6.45) is 7.12. The van der Waals surface area contributed by atoms with Gasteiger partial charge in [0.05, 0.1) is 12.6 Å². The molecular formula is C15H28N2O. The number of aliphatic hydroxyl groups is 1. The number of hydrazone groups is 1. The third-order valence-corrected chi connectivity index (χ3v) is 4.61. The molecule has 18 heavy (non-hydrogen) atoms. The van der Waals surface area contributed by atoms with Crippen LogP contribution >= 0.6 is 0 Å². The van der Waals surface area contributed by atoms with Crippen LogP contribution in [-0.4, -0.2) is 35.0 Å². The third kappa shape index (κ3) is 3.25. The summed E-state index contributed by atoms with van der Waals surface area (Å²) in [6.45, 7) is 8.32. The van der Waals surface area contributed by atoms with Crippen LogP contribution in [0.1, 0.15) is 59.3 Å². The Morgan fingerprint density at radius 1 is 1.22 bits per heavy atom. The van der Waals surface area contributed by atoms with Crippen molar-refractivity contribution in [2.45, 2.75) is 65.3 Å². The van der Waals surface area contributed by atoms with E-state index in [4.69, 9.17) is 5.10 Å². The number of hydrogen-bond acceptors (Lipinski definition) is 3. The van der Waals surface area contributed by atoms with Crippen LogP contribution in [0.4, 0.5) is 0 Å². The maximum absolute atomic E-state index is 9.30. The Balaban J connectivity index is 1.89. The second-order valence-corrected chi connectivity index (χ2v) is 6.95. The Morgan fingerprint density at radius 2 is 1.89 bits per heavy atom. The number of rotatable bonds is 2. The molecule has 0 amide bonds. The number of nitrogens with zero attached hydrogens (tertiary/aromatic N) is 2. The minimum atomic E-state index is 0.251. The summed E-state index contributed by atoms with van der Waals surface area (Å²) in [5.41, 5.74) is 1.79. The minimum Gasteiger partial charge on any atom is -0.394 e. The van der Waals surface area contributed by atoms with Gasteiger partial charge in [0.1, 0.15) is 0 Å². The highest BCUT2D eigenvalue weighted by Gasteiger charge is 2.29. The summed E-state index contributed by atoms with van der Waals surface area (Å²) in [5, 5.41) is 16.2. The zero-order valence-corrected chi connectivity index (χ0v) is 12.2. The quantitative estimate of drug-likeness (QED) is 0.820. The van der Waals surface area contributed by atoms with Gasteiger partial charge in [-0.2, -0.15) is 5.10 Å². The zero-order chi connectivity index (χ0) is 13.2. The normalized spacial score (nSPS) is 29.8. The van der Waals surface area contributed by atoms with Gasteiger partial charge in [-0.05, 0) is 49.9 Å². The fourth-order valence-corrected chi connectivity index (χ4v) is 3.24. The first-order chi connectivity index (χ1) is 8.50. The summed E-state index contributed by atoms with van der Waals surface area (Å²) in [7, 11) is 0. The molecule has 0 aromatic carbocycles. The van der Waals surface area contributed by atoms with Crippen LogP contribution in [0.15, 0.2) is 5.10 Å². The summed E-state index contributed by atoms with van der Waals surface area (Å²) < 4.78 is 0. The largest absolute Gasteiger partial charge is 0.394 e. The summed E-state index contributed by atoms with van der Waals surface area (Å²) in [6, 6.07) is 0.276. The molecule has 1 aliphatic carbocycles. The molecule has 2 rings (SSSR count). The van der Waals surface area contributed by atoms with E-state index in [1.165, 1.54) is 25.0 Å². The molecule has 0 bridgehead atoms. The highest BCUT2D eigenvalue weighted by atomic mass is 16.3. The van der Waals surface area contributed by atoms with Crippen LogP contribution in [0.2, 0.25) is 0 Å². The lowest BCUT2D eigenvalue weighted by atomic mass is 9.72. The average Bonchev–Trinajstić information content (AvgIpc) is 2.76. The van der Waals surface area contributed by atoms with Crippen LogP contribution in [0.5, 0.6) is 0 Å². The molecule has 0 spiro atoms. The maximum Gasteiger partial charge on any atom is 0.0702 e. The van der Waals surface area contributed by atoms with E-state index in [0.29, 0.717) is 5.41 Å². The van der Waals surface area contributed by atoms with Gasteiger partial charge in [-0.15, -0.1) is 0 Å². The van der Waals surface area contributed by atoms with Crippen LogP contribution in [0.3, 0.4) is 0 Å². The lowest BCUT2D eigenvalue weighted by Gasteiger charge is -2.34. The molecule has 3 heteroatoms. The average molecular weight is 252 g/mol. The molecule has 2 fully saturated rings. The first-order valence-corrected chi connectivity index (χ1v) is 7.44. The molecule has 1 aliphatic heterocycles. The van der Waals surface area contributed by atoms with Gasteiger partial charge in [-0.3, -0.25) is 5.01 Å². The standard InChI is InChI=1S/C15H28N2O/c1-15(2,3)12-6-8-13(9-7-12)16-17-10-4-5-14(17)11-18/h12,14,18H,4-11H2,1-3H3/t12?,14-/m0/s1. The molecule has 0 unspecified atom stereocenters. The lowest BCUT2D eigenvalue weighted by Crippen LogP contribution is -2.31. The Labute approximate surface area is 111 Å². The molecule has 3 nitrogen and oxygen atoms in total. The van der Waals surface area contributed by atoms with E-state index < -0.39 is 0 Å². The van der Waals surface area contributed by atoms with Crippen molar-refractivity contribution in [2.75, 3.05) is 13.2 Å². The molecule has 1 N–H and O–H groups in total. The van der Waals surface area contributed by atoms with Crippen molar-refractivity contribution in [3.63, 3.8) is 0 Å². The predicted octanol–water partition coefficient (Wildman–Crippen LogP) is 3.04. The van der Waals surface area contributed by atoms with Crippen LogP contribution in [0, 0.1) is 11.3 Å². The maximum atomic E-state index is 9.30. The van der Waals surface area contributed by atoms with Crippen molar-refractivity contribution < 1.29 is 5.11 Å². The van der Waals surface area contributed by atoms with Crippen LogP contribution < -0.4 is 0 Å². The second-order valence-electron chi connectivity index (χ2n) is 6.95. The van der Waals surface area contributed by atoms with Gasteiger partial charge < -0.3 is 5.11 Å². The molecule has 0 radical (unpaired) electrons. The zero-order valence-electron chi connectivity index (χ0n) is 12.2. The van der Waals surface area contributed by atoms with Gasteiger partial charge in [0.2, 0.25) is 0 Å². The van der Waals surface area contributed by atoms with Crippen molar-refractivity contribution in [3.8, 4) is 0 Å². The van der Waals surface area contributed by atoms with Gasteiger partial charge in [0.25, 0.3) is 0 Å². The third-order valence-electron chi connectivity index (χ3n) is 4.61. The van der Waals surface area contributed by atoms with E-state index in [0.717, 1.165) is 31.7 Å². The van der Waals surface area contributed by atoms with E-state index in [1.807, 2.05) is 0 Å². The van der Waals surface area contributed by atoms with Crippen molar-refractivity contribution in [1.29, 1.82) is 0 Å². The molecule has 0 aromatic heterocycles. The smallest absolute Gasteiger partial charge is 0.0702 e. The van der Waals surface area contributed by atoms with E-state index in [2.05, 4.69) is 25.8 Å². The lowest BCUT2D eigenvalue weighted by molar-refractivity contribution is 0.160. The van der Waals surface area contributed by atoms with Gasteiger partial charge in [0.15, 0.2) is 0 Å². The summed E-state index contributed by atoms with van der Waals surface area (Å²) in [5.74, 6) is 0.837. The van der Waals surface area contributed by atoms with Crippen molar-refractivity contribution in [1.82, 2.24) is 5.01 Å². The van der Waals surface area contributed by atoms with Crippen LogP contribution in [-0.2, 0) is 0 Å². The molecule has 1 heterocycles. The molecule has 1 atom stereocenters. The molecule has 0 aromatic rings. The Morgan fingerprint density at radius 3 is 2.44 bits per heavy atom. The van der Waals surface area contributed by atoms with E-state index >= 15 is 0 Å². The predicted molar refractivity (Wildman–Crippen MR) is 75.7 cm³/mol. The van der Waals surface area contributed by atoms with Gasteiger partial charge in [0, 0.05) is 12.3 Å². The Hall–Kier alpha value is -0.570. The molecule has 1 saturated carbocycles. The van der Waals surface area contributed by atoms with Crippen LogP contribution in [0.25, 0.3) is 0 Å². The summed E-state index contributed by atoms with van der Waals surface area (Å²) in [4.78, 5) is 0. The first-order valence-electron chi connectivity index (χ1n) is 7.44. The topological polar surface area (TPSA) is 35.8 Å². The SMILES string of the molecule is CC(C)(C)C1CCC(=NN2CCC[C@H]2CO)CC1. The van der Waals surface area contributed by atoms with Crippen molar-refractivity contribution in [2.24, 2.45) is 16.4 Å². The molecule has 2 aliphatic rings. The van der Waals surface area contributed by atoms with E-state index in [1.54, 1.807) is 0 Å².